The molecule has 0 radical (unpaired) electrons. The number of hydrogen-bond donors (Lipinski definition) is 2. The number of benzene rings is 1. The minimum atomic E-state index is -3.61. The summed E-state index contributed by atoms with van der Waals surface area (Å²) >= 11 is 2.86. The quantitative estimate of drug-likeness (QED) is 0.456. The molecule has 2 heterocycles. The molecule has 1 saturated heterocycles. The van der Waals surface area contributed by atoms with Crippen LogP contribution >= 0.6 is 23.1 Å². The van der Waals surface area contributed by atoms with E-state index in [9.17, 15) is 18.0 Å². The number of carbonyl (C=O) groups excluding carboxylic acids is 2. The Morgan fingerprint density at radius 2 is 1.82 bits per heavy atom. The number of nitrogens with zero attached hydrogens (tertiary/aromatic N) is 1. The number of nitrogens with two attached hydrogens (primary N) is 1. The van der Waals surface area contributed by atoms with Crippen LogP contribution in [0.15, 0.2) is 34.1 Å². The average molecular weight is 508 g/mol. The molecule has 33 heavy (non-hydrogen) atoms. The number of carbonyl (C=O) groups is 2. The summed E-state index contributed by atoms with van der Waals surface area (Å²) in [5, 5.41) is 3.49. The second kappa shape index (κ2) is 10.2. The van der Waals surface area contributed by atoms with Crippen molar-refractivity contribution >= 4 is 49.9 Å². The number of piperidine rings is 1. The fourth-order valence-electron chi connectivity index (χ4n) is 4.63. The van der Waals surface area contributed by atoms with Gasteiger partial charge < -0.3 is 11.1 Å². The molecule has 2 aromatic rings. The Bertz CT molecular complexity index is 1150. The maximum absolute atomic E-state index is 13.2. The third-order valence-corrected chi connectivity index (χ3v) is 10.5. The van der Waals surface area contributed by atoms with Crippen molar-refractivity contribution in [2.45, 2.75) is 54.7 Å². The van der Waals surface area contributed by atoms with Gasteiger partial charge in [-0.2, -0.15) is 4.31 Å². The van der Waals surface area contributed by atoms with Crippen LogP contribution in [0.3, 0.4) is 0 Å². The Kier molecular flexibility index (Phi) is 7.47. The number of thioether (sulfide) groups is 1. The lowest BCUT2D eigenvalue weighted by Gasteiger charge is -2.31. The van der Waals surface area contributed by atoms with Crippen LogP contribution in [-0.4, -0.2) is 43.9 Å². The van der Waals surface area contributed by atoms with Crippen LogP contribution in [0.4, 0.5) is 5.00 Å². The molecule has 1 aliphatic heterocycles. The number of aryl methyl sites for hydroxylation is 1. The van der Waals surface area contributed by atoms with E-state index in [0.29, 0.717) is 33.2 Å². The fraction of sp³-hybridized carbons (Fsp3) is 0.478. The largest absolute Gasteiger partial charge is 0.365 e. The maximum Gasteiger partial charge on any atom is 0.251 e. The SMILES string of the molecule is CSc1ccccc1S(=O)(=O)N1CCC(C(=O)Nc2sc3c(c2C(N)=O)CCCCC3)CC1. The molecule has 3 N–H and O–H groups in total. The second-order valence-corrected chi connectivity index (χ2v) is 12.3. The third kappa shape index (κ3) is 4.99. The molecule has 1 aromatic heterocycles. The minimum absolute atomic E-state index is 0.171. The minimum Gasteiger partial charge on any atom is -0.365 e. The highest BCUT2D eigenvalue weighted by Gasteiger charge is 2.34. The molecule has 1 aliphatic carbocycles. The van der Waals surface area contributed by atoms with Gasteiger partial charge in [-0.3, -0.25) is 9.59 Å². The average Bonchev–Trinajstić information content (AvgIpc) is 2.99. The van der Waals surface area contributed by atoms with Gasteiger partial charge >= 0.3 is 0 Å². The van der Waals surface area contributed by atoms with E-state index in [-0.39, 0.29) is 24.9 Å². The smallest absolute Gasteiger partial charge is 0.251 e. The Balaban J connectivity index is 1.45. The summed E-state index contributed by atoms with van der Waals surface area (Å²) in [5.41, 5.74) is 7.13. The summed E-state index contributed by atoms with van der Waals surface area (Å²) in [6, 6.07) is 6.99. The normalized spacial score (nSPS) is 17.8. The molecule has 1 aromatic carbocycles. The van der Waals surface area contributed by atoms with Gasteiger partial charge in [0, 0.05) is 28.8 Å². The summed E-state index contributed by atoms with van der Waals surface area (Å²) in [5.74, 6) is -0.983. The third-order valence-electron chi connectivity index (χ3n) is 6.42. The molecule has 2 amide bonds. The number of fused-ring (bicyclic) bond motifs is 1. The highest BCUT2D eigenvalue weighted by atomic mass is 32.2. The predicted molar refractivity (Wildman–Crippen MR) is 132 cm³/mol. The van der Waals surface area contributed by atoms with Crippen molar-refractivity contribution in [2.24, 2.45) is 11.7 Å². The standard InChI is InChI=1S/C23H29N3O4S3/c1-31-18-9-5-6-10-19(18)33(29,30)26-13-11-15(12-14-26)22(28)25-23-20(21(24)27)16-7-3-2-4-8-17(16)32-23/h5-6,9-10,15H,2-4,7-8,11-14H2,1H3,(H2,24,27)(H,25,28). The topological polar surface area (TPSA) is 110 Å². The number of rotatable bonds is 6. The molecule has 4 rings (SSSR count). The van der Waals surface area contributed by atoms with Gasteiger partial charge in [0.1, 0.15) is 5.00 Å². The van der Waals surface area contributed by atoms with Crippen LogP contribution in [0, 0.1) is 5.92 Å². The number of amides is 2. The van der Waals surface area contributed by atoms with Crippen LogP contribution in [0.2, 0.25) is 0 Å². The van der Waals surface area contributed by atoms with E-state index < -0.39 is 15.9 Å². The van der Waals surface area contributed by atoms with Crippen molar-refractivity contribution in [3.8, 4) is 0 Å². The van der Waals surface area contributed by atoms with Gasteiger partial charge in [0.25, 0.3) is 5.91 Å². The first-order valence-corrected chi connectivity index (χ1v) is 14.7. The van der Waals surface area contributed by atoms with Gasteiger partial charge in [-0.15, -0.1) is 23.1 Å². The molecule has 0 bridgehead atoms. The summed E-state index contributed by atoms with van der Waals surface area (Å²) in [7, 11) is -3.61. The molecule has 0 saturated carbocycles. The van der Waals surface area contributed by atoms with Crippen molar-refractivity contribution in [3.63, 3.8) is 0 Å². The number of sulfonamides is 1. The lowest BCUT2D eigenvalue weighted by atomic mass is 9.97. The van der Waals surface area contributed by atoms with Crippen LogP contribution < -0.4 is 11.1 Å². The number of nitrogens with one attached hydrogen (secondary N) is 1. The van der Waals surface area contributed by atoms with Crippen molar-refractivity contribution in [1.82, 2.24) is 4.31 Å². The van der Waals surface area contributed by atoms with E-state index in [2.05, 4.69) is 5.32 Å². The van der Waals surface area contributed by atoms with Gasteiger partial charge in [0.2, 0.25) is 15.9 Å². The second-order valence-electron chi connectivity index (χ2n) is 8.45. The van der Waals surface area contributed by atoms with Crippen LogP contribution in [-0.2, 0) is 27.7 Å². The summed E-state index contributed by atoms with van der Waals surface area (Å²) in [6.45, 7) is 0.569. The Morgan fingerprint density at radius 3 is 2.52 bits per heavy atom. The van der Waals surface area contributed by atoms with Gasteiger partial charge in [-0.1, -0.05) is 18.6 Å². The zero-order valence-electron chi connectivity index (χ0n) is 18.6. The molecule has 178 valence electrons. The fourth-order valence-corrected chi connectivity index (χ4v) is 8.52. The molecule has 7 nitrogen and oxygen atoms in total. The van der Waals surface area contributed by atoms with Crippen molar-refractivity contribution < 1.29 is 18.0 Å². The highest BCUT2D eigenvalue weighted by molar-refractivity contribution is 7.99. The Morgan fingerprint density at radius 1 is 1.12 bits per heavy atom. The van der Waals surface area contributed by atoms with Crippen molar-refractivity contribution in [2.75, 3.05) is 24.7 Å². The zero-order valence-corrected chi connectivity index (χ0v) is 21.1. The van der Waals surface area contributed by atoms with E-state index in [1.807, 2.05) is 12.3 Å². The zero-order chi connectivity index (χ0) is 23.6. The number of primary amides is 1. The van der Waals surface area contributed by atoms with E-state index >= 15 is 0 Å². The molecular formula is C23H29N3O4S3. The number of thiophene rings is 1. The Hall–Kier alpha value is -1.88. The maximum atomic E-state index is 13.2. The summed E-state index contributed by atoms with van der Waals surface area (Å²) in [4.78, 5) is 27.4. The van der Waals surface area contributed by atoms with Gasteiger partial charge in [0.05, 0.1) is 10.5 Å². The van der Waals surface area contributed by atoms with Gasteiger partial charge in [0.15, 0.2) is 0 Å². The molecule has 10 heteroatoms. The van der Waals surface area contributed by atoms with E-state index in [1.54, 1.807) is 18.2 Å². The Labute approximate surface area is 203 Å². The summed E-state index contributed by atoms with van der Waals surface area (Å²) < 4.78 is 27.8. The monoisotopic (exact) mass is 507 g/mol. The highest BCUT2D eigenvalue weighted by Crippen LogP contribution is 2.38. The van der Waals surface area contributed by atoms with E-state index in [4.69, 9.17) is 5.73 Å². The van der Waals surface area contributed by atoms with Gasteiger partial charge in [-0.05, 0) is 62.5 Å². The van der Waals surface area contributed by atoms with Crippen LogP contribution in [0.25, 0.3) is 0 Å². The molecule has 0 unspecified atom stereocenters. The molecule has 0 atom stereocenters. The first kappa shape index (κ1) is 24.3. The van der Waals surface area contributed by atoms with E-state index in [0.717, 1.165) is 42.5 Å². The molecule has 2 aliphatic rings. The van der Waals surface area contributed by atoms with Crippen LogP contribution in [0.1, 0.15) is 52.9 Å². The molecular weight excluding hydrogens is 478 g/mol. The molecule has 1 fully saturated rings. The molecule has 0 spiro atoms. The summed E-state index contributed by atoms with van der Waals surface area (Å²) in [6.07, 6.45) is 7.67. The van der Waals surface area contributed by atoms with Crippen molar-refractivity contribution in [3.05, 3.63) is 40.3 Å². The van der Waals surface area contributed by atoms with Crippen LogP contribution in [0.5, 0.6) is 0 Å². The lowest BCUT2D eigenvalue weighted by Crippen LogP contribution is -2.41. The lowest BCUT2D eigenvalue weighted by molar-refractivity contribution is -0.120. The number of anilines is 1. The van der Waals surface area contributed by atoms with Gasteiger partial charge in [-0.25, -0.2) is 8.42 Å². The number of hydrogen-bond acceptors (Lipinski definition) is 6. The van der Waals surface area contributed by atoms with E-state index in [1.165, 1.54) is 27.4 Å². The first-order valence-electron chi connectivity index (χ1n) is 11.2. The predicted octanol–water partition coefficient (Wildman–Crippen LogP) is 3.88. The van der Waals surface area contributed by atoms with Crippen molar-refractivity contribution in [1.29, 1.82) is 0 Å². The first-order chi connectivity index (χ1) is 15.8.